The first-order valence-corrected chi connectivity index (χ1v) is 13.5. The number of aryl methyl sites for hydroxylation is 1. The molecule has 2 atom stereocenters. The van der Waals surface area contributed by atoms with Gasteiger partial charge in [0.15, 0.2) is 17.3 Å². The predicted octanol–water partition coefficient (Wildman–Crippen LogP) is 9.71. The molecule has 0 bridgehead atoms. The molecule has 0 aromatic heterocycles. The van der Waals surface area contributed by atoms with Crippen LogP contribution in [0.3, 0.4) is 0 Å². The molecule has 2 rings (SSSR count). The number of ether oxygens (including phenoxy) is 1. The second-order valence-electron chi connectivity index (χ2n) is 9.51. The zero-order valence-corrected chi connectivity index (χ0v) is 24.1. The summed E-state index contributed by atoms with van der Waals surface area (Å²) in [4.78, 5) is 11.9. The van der Waals surface area contributed by atoms with Crippen LogP contribution in [0, 0.1) is 18.7 Å². The predicted molar refractivity (Wildman–Crippen MR) is 156 cm³/mol. The summed E-state index contributed by atoms with van der Waals surface area (Å²) in [7, 11) is 0. The fourth-order valence-electron chi connectivity index (χ4n) is 4.94. The fraction of sp³-hybridized carbons (Fsp3) is 0.382. The summed E-state index contributed by atoms with van der Waals surface area (Å²) in [6.07, 6.45) is 11.5. The van der Waals surface area contributed by atoms with E-state index in [1.165, 1.54) is 18.6 Å². The van der Waals surface area contributed by atoms with Gasteiger partial charge in [-0.3, -0.25) is 4.79 Å². The van der Waals surface area contributed by atoms with E-state index < -0.39 is 12.2 Å². The monoisotopic (exact) mass is 520 g/mol. The van der Waals surface area contributed by atoms with Crippen LogP contribution in [0.4, 0.5) is 8.78 Å². The number of hydrogen-bond acceptors (Lipinski definition) is 2. The minimum atomic E-state index is -1.60. The smallest absolute Gasteiger partial charge is 0.235 e. The largest absolute Gasteiger partial charge is 0.458 e. The lowest BCUT2D eigenvalue weighted by atomic mass is 9.81. The molecule has 0 saturated heterocycles. The molecule has 0 fully saturated rings. The molecule has 4 heteroatoms. The first kappa shape index (κ1) is 31.0. The number of ketones is 1. The van der Waals surface area contributed by atoms with Crippen LogP contribution in [0.25, 0.3) is 5.57 Å². The molecule has 0 aliphatic rings. The van der Waals surface area contributed by atoms with Crippen molar-refractivity contribution in [3.05, 3.63) is 105 Å². The highest BCUT2D eigenvalue weighted by molar-refractivity contribution is 5.95. The molecule has 0 saturated carbocycles. The van der Waals surface area contributed by atoms with Crippen molar-refractivity contribution in [2.24, 2.45) is 5.92 Å². The Kier molecular flexibility index (Phi) is 11.9. The zero-order chi connectivity index (χ0) is 28.4. The van der Waals surface area contributed by atoms with Gasteiger partial charge in [-0.15, -0.1) is 0 Å². The number of rotatable bonds is 12. The lowest BCUT2D eigenvalue weighted by Crippen LogP contribution is -2.10. The quantitative estimate of drug-likeness (QED) is 0.158. The molecular formula is C34H42F2O2. The number of benzene rings is 2. The van der Waals surface area contributed by atoms with Crippen LogP contribution < -0.4 is 4.74 Å². The van der Waals surface area contributed by atoms with Crippen molar-refractivity contribution >= 4 is 11.4 Å². The summed E-state index contributed by atoms with van der Waals surface area (Å²) in [6, 6.07) is 9.35. The summed E-state index contributed by atoms with van der Waals surface area (Å²) < 4.78 is 33.6. The van der Waals surface area contributed by atoms with Crippen molar-refractivity contribution < 1.29 is 18.3 Å². The molecule has 0 spiro atoms. The van der Waals surface area contributed by atoms with Crippen LogP contribution in [0.15, 0.2) is 71.9 Å². The maximum atomic E-state index is 15.2. The van der Waals surface area contributed by atoms with Crippen LogP contribution in [0.1, 0.15) is 87.5 Å². The molecule has 38 heavy (non-hydrogen) atoms. The van der Waals surface area contributed by atoms with Crippen molar-refractivity contribution in [3.8, 4) is 5.75 Å². The van der Waals surface area contributed by atoms with E-state index in [4.69, 9.17) is 4.74 Å². The molecule has 2 unspecified atom stereocenters. The van der Waals surface area contributed by atoms with E-state index in [0.717, 1.165) is 46.2 Å². The van der Waals surface area contributed by atoms with Gasteiger partial charge in [-0.25, -0.2) is 8.78 Å². The fourth-order valence-corrected chi connectivity index (χ4v) is 4.94. The molecule has 2 nitrogen and oxygen atoms in total. The van der Waals surface area contributed by atoms with Gasteiger partial charge < -0.3 is 4.74 Å². The molecule has 0 aliphatic heterocycles. The van der Waals surface area contributed by atoms with Crippen molar-refractivity contribution in [2.75, 3.05) is 0 Å². The van der Waals surface area contributed by atoms with E-state index in [2.05, 4.69) is 51.1 Å². The zero-order valence-electron chi connectivity index (χ0n) is 24.1. The molecule has 0 radical (unpaired) electrons. The van der Waals surface area contributed by atoms with Crippen molar-refractivity contribution in [2.45, 2.75) is 81.0 Å². The number of halogens is 2. The van der Waals surface area contributed by atoms with Crippen LogP contribution in [0.2, 0.25) is 0 Å². The molecule has 0 amide bonds. The van der Waals surface area contributed by atoms with E-state index in [0.29, 0.717) is 12.0 Å². The average molecular weight is 521 g/mol. The van der Waals surface area contributed by atoms with Crippen LogP contribution >= 0.6 is 0 Å². The van der Waals surface area contributed by atoms with E-state index in [-0.39, 0.29) is 17.5 Å². The molecule has 2 aromatic carbocycles. The first-order chi connectivity index (χ1) is 18.1. The maximum absolute atomic E-state index is 15.2. The standard InChI is InChI=1S/C34H42F2O2/c1-9-14-22(5)28(11-3)32(16-13-15-26-17-18-31(24(7)37)27(10-2)21-26)29(12-4)30-19-20-33(38-25(8)35)34(36)23(30)6/h11-14,16-21,25,32H,9-10,15H2,1-8H3/b16-13-,22-14+,28-11+,29-12-. The molecule has 0 heterocycles. The highest BCUT2D eigenvalue weighted by Gasteiger charge is 2.22. The van der Waals surface area contributed by atoms with E-state index in [1.54, 1.807) is 13.8 Å². The van der Waals surface area contributed by atoms with Gasteiger partial charge in [0.25, 0.3) is 0 Å². The van der Waals surface area contributed by atoms with Gasteiger partial charge in [-0.05, 0) is 93.3 Å². The minimum Gasteiger partial charge on any atom is -0.458 e. The summed E-state index contributed by atoms with van der Waals surface area (Å²) in [5, 5.41) is 0. The van der Waals surface area contributed by atoms with Gasteiger partial charge >= 0.3 is 0 Å². The van der Waals surface area contributed by atoms with Gasteiger partial charge in [-0.2, -0.15) is 0 Å². The van der Waals surface area contributed by atoms with Crippen molar-refractivity contribution in [1.29, 1.82) is 0 Å². The normalized spacial score (nSPS) is 14.6. The Morgan fingerprint density at radius 2 is 1.74 bits per heavy atom. The second-order valence-corrected chi connectivity index (χ2v) is 9.51. The first-order valence-electron chi connectivity index (χ1n) is 13.5. The van der Waals surface area contributed by atoms with Gasteiger partial charge in [0.2, 0.25) is 6.36 Å². The van der Waals surface area contributed by atoms with Crippen LogP contribution in [-0.2, 0) is 12.8 Å². The van der Waals surface area contributed by atoms with Gasteiger partial charge in [0.1, 0.15) is 0 Å². The molecule has 2 aromatic rings. The van der Waals surface area contributed by atoms with Crippen molar-refractivity contribution in [1.82, 2.24) is 0 Å². The van der Waals surface area contributed by atoms with Gasteiger partial charge in [-0.1, -0.05) is 74.1 Å². The Labute approximate surface area is 227 Å². The Balaban J connectivity index is 2.55. The summed E-state index contributed by atoms with van der Waals surface area (Å²) >= 11 is 0. The van der Waals surface area contributed by atoms with Crippen LogP contribution in [0.5, 0.6) is 5.75 Å². The lowest BCUT2D eigenvalue weighted by Gasteiger charge is -2.24. The number of hydrogen-bond donors (Lipinski definition) is 0. The number of carbonyl (C=O) groups is 1. The molecular weight excluding hydrogens is 478 g/mol. The van der Waals surface area contributed by atoms with E-state index in [9.17, 15) is 9.18 Å². The summed E-state index contributed by atoms with van der Waals surface area (Å²) in [6.45, 7) is 14.8. The Hall–Kier alpha value is -3.27. The summed E-state index contributed by atoms with van der Waals surface area (Å²) in [5.41, 5.74) is 7.45. The molecule has 0 N–H and O–H groups in total. The number of allylic oxidation sites excluding steroid dienone is 8. The number of alkyl halides is 1. The molecule has 0 aliphatic carbocycles. The second kappa shape index (κ2) is 14.6. The lowest BCUT2D eigenvalue weighted by molar-refractivity contribution is 0.0813. The number of carbonyl (C=O) groups excluding carboxylic acids is 1. The SMILES string of the molecule is C/C=C(\C(C)=C\CC)C(/C=C\Cc1ccc(C(C)=O)c(CC)c1)/C(=C\C)c1ccc(OC(C)F)c(F)c1C. The van der Waals surface area contributed by atoms with Crippen LogP contribution in [-0.4, -0.2) is 12.1 Å². The Bertz CT molecular complexity index is 1250. The van der Waals surface area contributed by atoms with E-state index >= 15 is 4.39 Å². The average Bonchev–Trinajstić information content (AvgIpc) is 2.88. The minimum absolute atomic E-state index is 0.0811. The maximum Gasteiger partial charge on any atom is 0.235 e. The highest BCUT2D eigenvalue weighted by atomic mass is 19.1. The van der Waals surface area contributed by atoms with Gasteiger partial charge in [0, 0.05) is 18.4 Å². The third-order valence-corrected chi connectivity index (χ3v) is 6.82. The highest BCUT2D eigenvalue weighted by Crippen LogP contribution is 2.38. The molecule has 204 valence electrons. The topological polar surface area (TPSA) is 26.3 Å². The number of Topliss-reactive ketones (excluding diaryl/α,β-unsaturated/α-hetero) is 1. The Morgan fingerprint density at radius 3 is 2.29 bits per heavy atom. The summed E-state index contributed by atoms with van der Waals surface area (Å²) in [5.74, 6) is -0.662. The van der Waals surface area contributed by atoms with Gasteiger partial charge in [0.05, 0.1) is 0 Å². The third kappa shape index (κ3) is 7.63. The Morgan fingerprint density at radius 1 is 1.05 bits per heavy atom. The van der Waals surface area contributed by atoms with Crippen molar-refractivity contribution in [3.63, 3.8) is 0 Å². The third-order valence-electron chi connectivity index (χ3n) is 6.82. The van der Waals surface area contributed by atoms with E-state index in [1.807, 2.05) is 38.1 Å².